The molecule has 0 bridgehead atoms. The van der Waals surface area contributed by atoms with Crippen molar-refractivity contribution in [1.29, 1.82) is 0 Å². The number of nitrogens with one attached hydrogen (secondary N) is 1. The van der Waals surface area contributed by atoms with Crippen molar-refractivity contribution in [1.82, 2.24) is 0 Å². The van der Waals surface area contributed by atoms with Crippen LogP contribution in [0.25, 0.3) is 87.6 Å². The van der Waals surface area contributed by atoms with Crippen LogP contribution in [0.5, 0.6) is 0 Å². The molecular weight excluding hydrogens is 1110 g/mol. The van der Waals surface area contributed by atoms with Crippen LogP contribution in [0.15, 0.2) is 267 Å². The number of hydrogen-bond acceptors (Lipinski definition) is 2. The Morgan fingerprint density at radius 1 is 0.310 bits per heavy atom. The summed E-state index contributed by atoms with van der Waals surface area (Å²) < 4.78 is 0. The summed E-state index contributed by atoms with van der Waals surface area (Å²) in [7, 11) is 0. The van der Waals surface area contributed by atoms with Crippen molar-refractivity contribution in [2.45, 2.75) is 0 Å². The zero-order valence-corrected chi connectivity index (χ0v) is 44.7. The molecular formula is C66H53ClI2N2. The molecule has 12 aromatic carbocycles. The van der Waals surface area contributed by atoms with E-state index in [4.69, 9.17) is 17.3 Å². The molecule has 0 aromatic heterocycles. The summed E-state index contributed by atoms with van der Waals surface area (Å²) in [4.78, 5) is 3.94. The lowest BCUT2D eigenvalue weighted by Crippen LogP contribution is -1.91. The molecule has 0 fully saturated rings. The SMILES string of the molecule is CI.CI.Clc1ccc(-c2cc(-c3ccccc3)c3ccccc3c2)cc1.Nc1cccc2ccccc12.c1ccc(-c2cc(-c3ccc(Nc4cccc5ccccc45)cc3)cc3ccccc23)cc1. The minimum atomic E-state index is 0.762. The zero-order valence-electron chi connectivity index (χ0n) is 39.6. The van der Waals surface area contributed by atoms with Gasteiger partial charge in [-0.05, 0) is 147 Å². The van der Waals surface area contributed by atoms with Gasteiger partial charge in [-0.1, -0.05) is 263 Å². The van der Waals surface area contributed by atoms with Crippen molar-refractivity contribution >= 4 is 117 Å². The van der Waals surface area contributed by atoms with Crippen LogP contribution in [0, 0.1) is 0 Å². The molecule has 0 spiro atoms. The summed E-state index contributed by atoms with van der Waals surface area (Å²) in [5, 5.41) is 14.2. The fourth-order valence-electron chi connectivity index (χ4n) is 8.80. The van der Waals surface area contributed by atoms with Gasteiger partial charge in [-0.3, -0.25) is 0 Å². The molecule has 0 saturated heterocycles. The first kappa shape index (κ1) is 50.4. The van der Waals surface area contributed by atoms with Crippen LogP contribution in [-0.4, -0.2) is 9.86 Å². The fourth-order valence-corrected chi connectivity index (χ4v) is 8.92. The monoisotopic (exact) mass is 1160 g/mol. The highest BCUT2D eigenvalue weighted by Crippen LogP contribution is 2.37. The maximum Gasteiger partial charge on any atom is 0.0463 e. The van der Waals surface area contributed by atoms with Gasteiger partial charge >= 0.3 is 0 Å². The van der Waals surface area contributed by atoms with Crippen molar-refractivity contribution in [2.24, 2.45) is 0 Å². The third kappa shape index (κ3) is 12.5. The van der Waals surface area contributed by atoms with Gasteiger partial charge in [0.15, 0.2) is 0 Å². The number of fused-ring (bicyclic) bond motifs is 4. The number of anilines is 3. The van der Waals surface area contributed by atoms with Crippen LogP contribution < -0.4 is 11.1 Å². The summed E-state index contributed by atoms with van der Waals surface area (Å²) in [5.74, 6) is 0. The molecule has 12 rings (SSSR count). The lowest BCUT2D eigenvalue weighted by molar-refractivity contribution is 1.56. The number of hydrogen-bond donors (Lipinski definition) is 2. The van der Waals surface area contributed by atoms with E-state index in [1.165, 1.54) is 82.2 Å². The Kier molecular flexibility index (Phi) is 17.9. The molecule has 0 unspecified atom stereocenters. The average Bonchev–Trinajstić information content (AvgIpc) is 3.45. The molecule has 71 heavy (non-hydrogen) atoms. The second-order valence-corrected chi connectivity index (χ2v) is 17.0. The standard InChI is InChI=1S/C32H23N.C22H15Cl.C10H9N.2CH3I/c1-2-9-25(10-3-1)31-22-27(21-26-12-5-6-14-29(26)31)23-17-19-28(20-18-23)33-32-16-8-13-24-11-4-7-15-30(24)32;23-20-12-10-16(11-13-20)19-14-18-8-4-5-9-21(18)22(15-19)17-6-2-1-3-7-17;11-10-7-3-5-8-4-1-2-6-9(8)10;2*1-2/h1-22,33H;1-15H;1-7H,11H2;2*1H3. The lowest BCUT2D eigenvalue weighted by atomic mass is 9.93. The number of benzene rings is 12. The highest BCUT2D eigenvalue weighted by molar-refractivity contribution is 14.1. The highest BCUT2D eigenvalue weighted by Gasteiger charge is 2.10. The molecule has 0 aliphatic carbocycles. The number of nitrogens with two attached hydrogens (primary N) is 1. The number of halogens is 3. The third-order valence-corrected chi connectivity index (χ3v) is 12.4. The summed E-state index contributed by atoms with van der Waals surface area (Å²) in [6, 6.07) is 93.1. The van der Waals surface area contributed by atoms with Crippen LogP contribution in [0.2, 0.25) is 5.02 Å². The van der Waals surface area contributed by atoms with Crippen molar-refractivity contribution in [3.63, 3.8) is 0 Å². The van der Waals surface area contributed by atoms with Crippen molar-refractivity contribution in [2.75, 3.05) is 20.9 Å². The smallest absolute Gasteiger partial charge is 0.0463 e. The molecule has 2 nitrogen and oxygen atoms in total. The molecule has 3 N–H and O–H groups in total. The summed E-state index contributed by atoms with van der Waals surface area (Å²) in [6.07, 6.45) is 0. The third-order valence-electron chi connectivity index (χ3n) is 12.2. The maximum absolute atomic E-state index is 6.02. The molecule has 0 amide bonds. The Morgan fingerprint density at radius 3 is 1.18 bits per heavy atom. The minimum absolute atomic E-state index is 0.762. The Balaban J connectivity index is 0.000000153. The topological polar surface area (TPSA) is 38.0 Å². The molecule has 12 aromatic rings. The maximum atomic E-state index is 6.02. The van der Waals surface area contributed by atoms with E-state index in [1.54, 1.807) is 0 Å². The first-order valence-electron chi connectivity index (χ1n) is 23.3. The van der Waals surface area contributed by atoms with E-state index >= 15 is 0 Å². The van der Waals surface area contributed by atoms with Gasteiger partial charge in [-0.15, -0.1) is 0 Å². The quantitative estimate of drug-likeness (QED) is 0.0989. The first-order chi connectivity index (χ1) is 35.0. The largest absolute Gasteiger partial charge is 0.398 e. The van der Waals surface area contributed by atoms with E-state index in [0.717, 1.165) is 27.5 Å². The van der Waals surface area contributed by atoms with Gasteiger partial charge in [0.1, 0.15) is 0 Å². The summed E-state index contributed by atoms with van der Waals surface area (Å²) in [6.45, 7) is 0. The average molecular weight is 1160 g/mol. The van der Waals surface area contributed by atoms with Gasteiger partial charge in [0.05, 0.1) is 0 Å². The highest BCUT2D eigenvalue weighted by atomic mass is 127. The second-order valence-electron chi connectivity index (χ2n) is 16.5. The van der Waals surface area contributed by atoms with Gasteiger partial charge < -0.3 is 11.1 Å². The van der Waals surface area contributed by atoms with E-state index in [1.807, 2.05) is 52.3 Å². The van der Waals surface area contributed by atoms with E-state index in [-0.39, 0.29) is 0 Å². The molecule has 348 valence electrons. The zero-order chi connectivity index (χ0) is 49.4. The lowest BCUT2D eigenvalue weighted by Gasteiger charge is -2.13. The second kappa shape index (κ2) is 25.2. The number of alkyl halides is 2. The molecule has 0 atom stereocenters. The first-order valence-corrected chi connectivity index (χ1v) is 28.0. The molecule has 0 saturated carbocycles. The summed E-state index contributed by atoms with van der Waals surface area (Å²) in [5.41, 5.74) is 18.6. The number of rotatable bonds is 6. The van der Waals surface area contributed by atoms with Gasteiger partial charge in [0.2, 0.25) is 0 Å². The summed E-state index contributed by atoms with van der Waals surface area (Å²) >= 11 is 10.3. The fraction of sp³-hybridized carbons (Fsp3) is 0.0303. The van der Waals surface area contributed by atoms with Crippen LogP contribution in [0.3, 0.4) is 0 Å². The Morgan fingerprint density at radius 2 is 0.690 bits per heavy atom. The Bertz CT molecular complexity index is 3610. The van der Waals surface area contributed by atoms with Gasteiger partial charge in [-0.2, -0.15) is 0 Å². The van der Waals surface area contributed by atoms with Crippen LogP contribution in [0.4, 0.5) is 17.1 Å². The van der Waals surface area contributed by atoms with Crippen LogP contribution >= 0.6 is 56.8 Å². The van der Waals surface area contributed by atoms with E-state index in [0.29, 0.717) is 0 Å². The minimum Gasteiger partial charge on any atom is -0.398 e. The molecule has 0 aliphatic heterocycles. The predicted octanol–water partition coefficient (Wildman–Crippen LogP) is 20.4. The molecule has 5 heteroatoms. The van der Waals surface area contributed by atoms with Gasteiger partial charge in [0, 0.05) is 32.9 Å². The van der Waals surface area contributed by atoms with Crippen molar-refractivity contribution in [3.05, 3.63) is 272 Å². The molecule has 0 aliphatic rings. The van der Waals surface area contributed by atoms with E-state index in [2.05, 4.69) is 275 Å². The molecule has 0 heterocycles. The number of nitrogen functional groups attached to an aromatic ring is 1. The Labute approximate surface area is 450 Å². The van der Waals surface area contributed by atoms with Crippen molar-refractivity contribution < 1.29 is 0 Å². The van der Waals surface area contributed by atoms with E-state index in [9.17, 15) is 0 Å². The van der Waals surface area contributed by atoms with Crippen LogP contribution in [0.1, 0.15) is 0 Å². The Hall–Kier alpha value is -6.97. The van der Waals surface area contributed by atoms with Crippen molar-refractivity contribution in [3.8, 4) is 44.5 Å². The predicted molar refractivity (Wildman–Crippen MR) is 330 cm³/mol. The normalized spacial score (nSPS) is 10.4. The van der Waals surface area contributed by atoms with Crippen LogP contribution in [-0.2, 0) is 0 Å². The molecule has 0 radical (unpaired) electrons. The van der Waals surface area contributed by atoms with Gasteiger partial charge in [-0.25, -0.2) is 0 Å². The van der Waals surface area contributed by atoms with E-state index < -0.39 is 0 Å². The van der Waals surface area contributed by atoms with Gasteiger partial charge in [0.25, 0.3) is 0 Å².